The summed E-state index contributed by atoms with van der Waals surface area (Å²) in [5, 5.41) is 14.6. The third-order valence-electron chi connectivity index (χ3n) is 3.63. The number of aryl methyl sites for hydroxylation is 1. The van der Waals surface area contributed by atoms with E-state index < -0.39 is 20.9 Å². The number of nitro groups is 1. The van der Waals surface area contributed by atoms with E-state index in [2.05, 4.69) is 5.10 Å². The van der Waals surface area contributed by atoms with Crippen molar-refractivity contribution < 1.29 is 27.6 Å². The van der Waals surface area contributed by atoms with Gasteiger partial charge in [-0.05, 0) is 36.8 Å². The van der Waals surface area contributed by atoms with Gasteiger partial charge in [0.05, 0.1) is 23.1 Å². The highest BCUT2D eigenvalue weighted by Crippen LogP contribution is 2.27. The molecule has 0 atom stereocenters. The number of carbonyl (C=O) groups is 1. The van der Waals surface area contributed by atoms with Gasteiger partial charge in [0.25, 0.3) is 21.6 Å². The largest absolute Gasteiger partial charge is 0.493 e. The topological polar surface area (TPSA) is 163 Å². The Kier molecular flexibility index (Phi) is 6.72. The van der Waals surface area contributed by atoms with Crippen molar-refractivity contribution in [2.24, 2.45) is 10.8 Å². The Labute approximate surface area is 166 Å². The smallest absolute Gasteiger partial charge is 0.276 e. The van der Waals surface area contributed by atoms with E-state index in [0.717, 1.165) is 6.07 Å². The van der Waals surface area contributed by atoms with Crippen LogP contribution in [0.5, 0.6) is 11.5 Å². The lowest BCUT2D eigenvalue weighted by Crippen LogP contribution is -2.20. The zero-order chi connectivity index (χ0) is 21.6. The normalized spacial score (nSPS) is 11.2. The number of nitro benzene ring substituents is 1. The first-order valence-corrected chi connectivity index (χ1v) is 9.51. The maximum absolute atomic E-state index is 12.3. The van der Waals surface area contributed by atoms with Gasteiger partial charge in [-0.3, -0.25) is 14.9 Å². The predicted octanol–water partition coefficient (Wildman–Crippen LogP) is 1.09. The van der Waals surface area contributed by atoms with Gasteiger partial charge < -0.3 is 15.2 Å². The van der Waals surface area contributed by atoms with Crippen molar-refractivity contribution in [2.75, 3.05) is 13.7 Å². The number of amides is 1. The molecule has 0 heterocycles. The average molecular weight is 422 g/mol. The third-order valence-corrected chi connectivity index (χ3v) is 4.85. The molecule has 2 aromatic carbocycles. The molecular weight excluding hydrogens is 404 g/mol. The molecule has 0 saturated carbocycles. The zero-order valence-corrected chi connectivity index (χ0v) is 16.3. The van der Waals surface area contributed by atoms with E-state index in [1.165, 1.54) is 44.5 Å². The lowest BCUT2D eigenvalue weighted by molar-refractivity contribution is -0.385. The monoisotopic (exact) mass is 422 g/mol. The SMILES string of the molecule is COc1cc(/C=N\NS(=O)(=O)c2ccc(C)c([N+](=O)[O-])c2)ccc1OCC(N)=O. The van der Waals surface area contributed by atoms with Crippen LogP contribution in [0.3, 0.4) is 0 Å². The van der Waals surface area contributed by atoms with E-state index in [-0.39, 0.29) is 28.7 Å². The highest BCUT2D eigenvalue weighted by Gasteiger charge is 2.19. The fourth-order valence-electron chi connectivity index (χ4n) is 2.21. The van der Waals surface area contributed by atoms with Gasteiger partial charge in [0.1, 0.15) is 0 Å². The summed E-state index contributed by atoms with van der Waals surface area (Å²) in [7, 11) is -2.72. The zero-order valence-electron chi connectivity index (χ0n) is 15.5. The maximum Gasteiger partial charge on any atom is 0.276 e. The standard InChI is InChI=1S/C17H18N4O7S/c1-11-3-5-13(8-14(11)21(23)24)29(25,26)20-19-9-12-4-6-15(16(7-12)27-2)28-10-17(18)22/h3-9,20H,10H2,1-2H3,(H2,18,22)/b19-9-. The number of nitrogens with one attached hydrogen (secondary N) is 1. The molecule has 0 bridgehead atoms. The van der Waals surface area contributed by atoms with Crippen molar-refractivity contribution in [3.05, 3.63) is 57.6 Å². The Morgan fingerprint density at radius 3 is 2.62 bits per heavy atom. The Hall–Kier alpha value is -3.67. The van der Waals surface area contributed by atoms with E-state index in [0.29, 0.717) is 11.1 Å². The first-order valence-electron chi connectivity index (χ1n) is 8.03. The molecule has 11 nitrogen and oxygen atoms in total. The van der Waals surface area contributed by atoms with Gasteiger partial charge in [-0.15, -0.1) is 0 Å². The van der Waals surface area contributed by atoms with Gasteiger partial charge in [0.15, 0.2) is 18.1 Å². The highest BCUT2D eigenvalue weighted by atomic mass is 32.2. The Morgan fingerprint density at radius 1 is 1.28 bits per heavy atom. The van der Waals surface area contributed by atoms with Gasteiger partial charge in [0, 0.05) is 11.6 Å². The number of nitrogens with zero attached hydrogens (tertiary/aromatic N) is 2. The van der Waals surface area contributed by atoms with Crippen LogP contribution >= 0.6 is 0 Å². The minimum absolute atomic E-state index is 0.274. The Bertz CT molecular complexity index is 1070. The van der Waals surface area contributed by atoms with Crippen LogP contribution in [-0.4, -0.2) is 39.2 Å². The summed E-state index contributed by atoms with van der Waals surface area (Å²) < 4.78 is 34.9. The number of hydrazone groups is 1. The molecule has 0 radical (unpaired) electrons. The van der Waals surface area contributed by atoms with Crippen molar-refractivity contribution in [3.8, 4) is 11.5 Å². The number of carbonyl (C=O) groups excluding carboxylic acids is 1. The third kappa shape index (κ3) is 5.65. The second-order valence-electron chi connectivity index (χ2n) is 5.72. The van der Waals surface area contributed by atoms with Crippen LogP contribution in [0.15, 0.2) is 46.4 Å². The van der Waals surface area contributed by atoms with Crippen molar-refractivity contribution >= 4 is 27.8 Å². The fraction of sp³-hybridized carbons (Fsp3) is 0.176. The summed E-state index contributed by atoms with van der Waals surface area (Å²) in [6.07, 6.45) is 1.21. The number of ether oxygens (including phenoxy) is 2. The first kappa shape index (κ1) is 21.6. The fourth-order valence-corrected chi connectivity index (χ4v) is 3.02. The molecule has 0 unspecified atom stereocenters. The van der Waals surface area contributed by atoms with Gasteiger partial charge in [-0.25, -0.2) is 4.83 Å². The number of rotatable bonds is 9. The van der Waals surface area contributed by atoms with Crippen LogP contribution in [0.2, 0.25) is 0 Å². The van der Waals surface area contributed by atoms with Crippen molar-refractivity contribution in [3.63, 3.8) is 0 Å². The summed E-state index contributed by atoms with van der Waals surface area (Å²) >= 11 is 0. The van der Waals surface area contributed by atoms with E-state index in [1.807, 2.05) is 4.83 Å². The van der Waals surface area contributed by atoms with Crippen LogP contribution in [0, 0.1) is 17.0 Å². The molecule has 29 heavy (non-hydrogen) atoms. The number of hydrogen-bond donors (Lipinski definition) is 2. The molecule has 0 spiro atoms. The second-order valence-corrected chi connectivity index (χ2v) is 7.38. The van der Waals surface area contributed by atoms with E-state index in [4.69, 9.17) is 15.2 Å². The van der Waals surface area contributed by atoms with E-state index >= 15 is 0 Å². The second kappa shape index (κ2) is 9.01. The molecule has 1 amide bonds. The molecule has 0 saturated heterocycles. The predicted molar refractivity (Wildman–Crippen MR) is 103 cm³/mol. The Balaban J connectivity index is 2.17. The molecule has 0 fully saturated rings. The maximum atomic E-state index is 12.3. The molecule has 0 aliphatic rings. The molecule has 0 aliphatic heterocycles. The summed E-state index contributed by atoms with van der Waals surface area (Å²) in [6, 6.07) is 8.10. The van der Waals surface area contributed by atoms with Gasteiger partial charge >= 0.3 is 0 Å². The Morgan fingerprint density at radius 2 is 2.00 bits per heavy atom. The number of sulfonamides is 1. The minimum Gasteiger partial charge on any atom is -0.493 e. The molecule has 12 heteroatoms. The van der Waals surface area contributed by atoms with E-state index in [1.54, 1.807) is 6.07 Å². The molecule has 2 rings (SSSR count). The quantitative estimate of drug-likeness (QED) is 0.347. The molecule has 154 valence electrons. The van der Waals surface area contributed by atoms with Gasteiger partial charge in [-0.1, -0.05) is 6.07 Å². The van der Waals surface area contributed by atoms with E-state index in [9.17, 15) is 23.3 Å². The lowest BCUT2D eigenvalue weighted by atomic mass is 10.2. The molecule has 3 N–H and O–H groups in total. The summed E-state index contributed by atoms with van der Waals surface area (Å²) in [6.45, 7) is 1.18. The van der Waals surface area contributed by atoms with Crippen LogP contribution in [0.1, 0.15) is 11.1 Å². The number of nitrogens with two attached hydrogens (primary N) is 1. The van der Waals surface area contributed by atoms with Gasteiger partial charge in [0.2, 0.25) is 0 Å². The lowest BCUT2D eigenvalue weighted by Gasteiger charge is -2.09. The first-order chi connectivity index (χ1) is 13.6. The number of primary amides is 1. The van der Waals surface area contributed by atoms with Crippen molar-refractivity contribution in [1.82, 2.24) is 4.83 Å². The number of hydrogen-bond acceptors (Lipinski definition) is 8. The van der Waals surface area contributed by atoms with Crippen LogP contribution < -0.4 is 20.0 Å². The summed E-state index contributed by atoms with van der Waals surface area (Å²) in [5.41, 5.74) is 5.51. The van der Waals surface area contributed by atoms with Crippen molar-refractivity contribution in [1.29, 1.82) is 0 Å². The number of benzene rings is 2. The van der Waals surface area contributed by atoms with Gasteiger partial charge in [-0.2, -0.15) is 13.5 Å². The van der Waals surface area contributed by atoms with Crippen LogP contribution in [0.4, 0.5) is 5.69 Å². The average Bonchev–Trinajstić information content (AvgIpc) is 2.66. The molecule has 0 aromatic heterocycles. The summed E-state index contributed by atoms with van der Waals surface area (Å²) in [4.78, 5) is 22.8. The van der Waals surface area contributed by atoms with Crippen LogP contribution in [-0.2, 0) is 14.8 Å². The molecular formula is C17H18N4O7S. The summed E-state index contributed by atoms with van der Waals surface area (Å²) in [5.74, 6) is -0.0911. The molecule has 0 aliphatic carbocycles. The van der Waals surface area contributed by atoms with Crippen LogP contribution in [0.25, 0.3) is 0 Å². The number of methoxy groups -OCH3 is 1. The van der Waals surface area contributed by atoms with Crippen molar-refractivity contribution in [2.45, 2.75) is 11.8 Å². The highest BCUT2D eigenvalue weighted by molar-refractivity contribution is 7.89. The molecule has 2 aromatic rings. The minimum atomic E-state index is -4.10.